The second-order valence-electron chi connectivity index (χ2n) is 8.63. The molecule has 9 nitrogen and oxygen atoms in total. The van der Waals surface area contributed by atoms with Crippen LogP contribution < -0.4 is 23.9 Å². The highest BCUT2D eigenvalue weighted by atomic mass is 16.5. The smallest absolute Gasteiger partial charge is 0.295 e. The van der Waals surface area contributed by atoms with Gasteiger partial charge in [-0.3, -0.25) is 14.6 Å². The Labute approximate surface area is 215 Å². The Bertz CT molecular complexity index is 1270. The molecule has 1 atom stereocenters. The highest BCUT2D eigenvalue weighted by Crippen LogP contribution is 2.45. The average molecular weight is 506 g/mol. The number of nitrogens with zero attached hydrogens (tertiary/aromatic N) is 2. The van der Waals surface area contributed by atoms with Gasteiger partial charge >= 0.3 is 0 Å². The zero-order valence-corrected chi connectivity index (χ0v) is 21.2. The molecule has 0 aliphatic carbocycles. The van der Waals surface area contributed by atoms with Gasteiger partial charge in [0.05, 0.1) is 33.4 Å². The average Bonchev–Trinajstić information content (AvgIpc) is 3.53. The van der Waals surface area contributed by atoms with Crippen molar-refractivity contribution in [2.24, 2.45) is 0 Å². The fourth-order valence-corrected chi connectivity index (χ4v) is 4.51. The number of para-hydroxylation sites is 1. The summed E-state index contributed by atoms with van der Waals surface area (Å²) in [6, 6.07) is 10.9. The topological polar surface area (TPSA) is 108 Å². The third-order valence-electron chi connectivity index (χ3n) is 6.26. The molecule has 2 heterocycles. The predicted molar refractivity (Wildman–Crippen MR) is 134 cm³/mol. The number of methoxy groups -OCH3 is 2. The zero-order valence-electron chi connectivity index (χ0n) is 21.2. The minimum atomic E-state index is -0.912. The van der Waals surface area contributed by atoms with E-state index >= 15 is 0 Å². The summed E-state index contributed by atoms with van der Waals surface area (Å²) in [6.45, 7) is 3.47. The number of hydrogen-bond acceptors (Lipinski definition) is 6. The highest BCUT2D eigenvalue weighted by molar-refractivity contribution is 6.46. The Balaban J connectivity index is 1.77. The monoisotopic (exact) mass is 505 g/mol. The first-order valence-corrected chi connectivity index (χ1v) is 12.2. The Morgan fingerprint density at radius 3 is 2.54 bits per heavy atom. The molecule has 1 N–H and O–H groups in total. The van der Waals surface area contributed by atoms with E-state index in [1.54, 1.807) is 48.7 Å². The number of aromatic amines is 1. The van der Waals surface area contributed by atoms with Crippen LogP contribution in [0.1, 0.15) is 36.9 Å². The molecule has 1 aliphatic heterocycles. The lowest BCUT2D eigenvalue weighted by Crippen LogP contribution is -2.36. The number of ether oxygens (including phenoxy) is 3. The van der Waals surface area contributed by atoms with Crippen LogP contribution in [0.5, 0.6) is 17.2 Å². The van der Waals surface area contributed by atoms with Crippen molar-refractivity contribution in [2.75, 3.05) is 27.4 Å². The summed E-state index contributed by atoms with van der Waals surface area (Å²) < 4.78 is 18.6. The predicted octanol–water partition coefficient (Wildman–Crippen LogP) is 2.42. The van der Waals surface area contributed by atoms with Gasteiger partial charge in [-0.05, 0) is 30.2 Å². The summed E-state index contributed by atoms with van der Waals surface area (Å²) in [4.78, 5) is 31.0. The molecule has 1 fully saturated rings. The standard InChI is InChI=1S/C28H31N3O6/c1-4-17-37-20-11-9-19(10-12-20)25(32)23-24(21-7-5-8-22(35-2)27(21)36-3)31(28(34)26(23)33)15-6-14-30-16-13-29-18-30/h5,7-13,16,18,24H,4,6,14-15,17H2,1-3H3,(H,32,33). The lowest BCUT2D eigenvalue weighted by molar-refractivity contribution is -0.695. The fraction of sp³-hybridized carbons (Fsp3) is 0.321. The van der Waals surface area contributed by atoms with E-state index in [1.807, 2.05) is 24.0 Å². The second kappa shape index (κ2) is 11.6. The van der Waals surface area contributed by atoms with Crippen molar-refractivity contribution in [1.29, 1.82) is 0 Å². The normalized spacial score (nSPS) is 16.7. The van der Waals surface area contributed by atoms with Gasteiger partial charge < -0.3 is 24.2 Å². The van der Waals surface area contributed by atoms with Crippen molar-refractivity contribution < 1.29 is 33.5 Å². The molecular formula is C28H31N3O6. The van der Waals surface area contributed by atoms with Gasteiger partial charge in [0.1, 0.15) is 18.1 Å². The number of imidazole rings is 1. The van der Waals surface area contributed by atoms with Crippen molar-refractivity contribution >= 4 is 17.4 Å². The number of carbonyl (C=O) groups excluding carboxylic acids is 2. The Kier molecular flexibility index (Phi) is 8.12. The Morgan fingerprint density at radius 2 is 1.89 bits per heavy atom. The minimum Gasteiger partial charge on any atom is -0.872 e. The number of Topliss-reactive ketones (excluding diaryl/α,β-unsaturated/α-hetero) is 1. The SMILES string of the molecule is CCCOc1ccc(C([O-])=C2C(=O)C(=O)N(CCC[n+]3cc[nH]c3)C2c2cccc(OC)c2OC)cc1. The van der Waals surface area contributed by atoms with E-state index in [1.165, 1.54) is 19.1 Å². The van der Waals surface area contributed by atoms with Gasteiger partial charge in [-0.15, -0.1) is 0 Å². The number of rotatable bonds is 11. The quantitative estimate of drug-likeness (QED) is 0.186. The van der Waals surface area contributed by atoms with Crippen LogP contribution in [-0.4, -0.2) is 48.9 Å². The number of ketones is 1. The molecule has 9 heteroatoms. The first-order chi connectivity index (χ1) is 18.0. The molecule has 0 spiro atoms. The van der Waals surface area contributed by atoms with E-state index in [2.05, 4.69) is 4.98 Å². The Hall–Kier alpha value is -4.27. The molecule has 37 heavy (non-hydrogen) atoms. The number of hydrogen-bond donors (Lipinski definition) is 1. The van der Waals surface area contributed by atoms with Gasteiger partial charge in [0.2, 0.25) is 12.1 Å². The fourth-order valence-electron chi connectivity index (χ4n) is 4.51. The van der Waals surface area contributed by atoms with Crippen molar-refractivity contribution in [3.05, 3.63) is 77.9 Å². The maximum atomic E-state index is 13.7. The Morgan fingerprint density at radius 1 is 1.11 bits per heavy atom. The number of nitrogens with one attached hydrogen (secondary N) is 1. The zero-order chi connectivity index (χ0) is 26.4. The van der Waals surface area contributed by atoms with Crippen LogP contribution in [0.2, 0.25) is 0 Å². The van der Waals surface area contributed by atoms with E-state index < -0.39 is 23.5 Å². The number of carbonyl (C=O) groups is 2. The van der Waals surface area contributed by atoms with Crippen LogP contribution in [0.25, 0.3) is 5.76 Å². The summed E-state index contributed by atoms with van der Waals surface area (Å²) in [6.07, 6.45) is 6.94. The lowest BCUT2D eigenvalue weighted by Gasteiger charge is -2.29. The maximum Gasteiger partial charge on any atom is 0.295 e. The molecule has 1 amide bonds. The van der Waals surface area contributed by atoms with E-state index in [4.69, 9.17) is 14.2 Å². The van der Waals surface area contributed by atoms with Crippen LogP contribution in [-0.2, 0) is 16.1 Å². The van der Waals surface area contributed by atoms with Gasteiger partial charge in [0.25, 0.3) is 5.91 Å². The maximum absolute atomic E-state index is 13.7. The van der Waals surface area contributed by atoms with Crippen LogP contribution in [0.15, 0.2) is 66.8 Å². The largest absolute Gasteiger partial charge is 0.872 e. The van der Waals surface area contributed by atoms with Crippen molar-refractivity contribution in [1.82, 2.24) is 9.88 Å². The molecule has 1 aromatic heterocycles. The molecule has 0 saturated carbocycles. The summed E-state index contributed by atoms with van der Waals surface area (Å²) in [5.74, 6) is -0.569. The molecular weight excluding hydrogens is 474 g/mol. The second-order valence-corrected chi connectivity index (χ2v) is 8.63. The number of likely N-dealkylation sites (tertiary alicyclic amines) is 1. The summed E-state index contributed by atoms with van der Waals surface area (Å²) in [7, 11) is 3.00. The minimum absolute atomic E-state index is 0.104. The molecule has 4 rings (SSSR count). The third-order valence-corrected chi connectivity index (χ3v) is 6.26. The van der Waals surface area contributed by atoms with E-state index in [0.717, 1.165) is 6.42 Å². The van der Waals surface area contributed by atoms with Crippen molar-refractivity contribution in [2.45, 2.75) is 32.4 Å². The van der Waals surface area contributed by atoms with Crippen LogP contribution in [0, 0.1) is 0 Å². The lowest BCUT2D eigenvalue weighted by atomic mass is 9.94. The van der Waals surface area contributed by atoms with E-state index in [-0.39, 0.29) is 12.1 Å². The summed E-state index contributed by atoms with van der Waals surface area (Å²) >= 11 is 0. The number of aryl methyl sites for hydroxylation is 1. The van der Waals surface area contributed by atoms with Gasteiger partial charge in [0.15, 0.2) is 11.5 Å². The van der Waals surface area contributed by atoms with Crippen LogP contribution >= 0.6 is 0 Å². The molecule has 1 aliphatic rings. The van der Waals surface area contributed by atoms with E-state index in [0.29, 0.717) is 47.9 Å². The molecule has 194 valence electrons. The van der Waals surface area contributed by atoms with E-state index in [9.17, 15) is 14.7 Å². The molecule has 2 aromatic carbocycles. The molecule has 1 unspecified atom stereocenters. The van der Waals surface area contributed by atoms with Crippen molar-refractivity contribution in [3.8, 4) is 17.2 Å². The van der Waals surface area contributed by atoms with Gasteiger partial charge in [-0.2, -0.15) is 0 Å². The summed E-state index contributed by atoms with van der Waals surface area (Å²) in [5.41, 5.74) is 0.714. The number of aromatic nitrogens is 2. The van der Waals surface area contributed by atoms with Crippen molar-refractivity contribution in [3.63, 3.8) is 0 Å². The molecule has 0 radical (unpaired) electrons. The molecule has 3 aromatic rings. The number of H-pyrrole nitrogens is 1. The first kappa shape index (κ1) is 25.8. The summed E-state index contributed by atoms with van der Waals surface area (Å²) in [5, 5.41) is 13.7. The highest BCUT2D eigenvalue weighted by Gasteiger charge is 2.45. The number of amides is 1. The van der Waals surface area contributed by atoms with Gasteiger partial charge in [-0.1, -0.05) is 36.9 Å². The van der Waals surface area contributed by atoms with Crippen LogP contribution in [0.4, 0.5) is 0 Å². The molecule has 1 saturated heterocycles. The molecule has 0 bridgehead atoms. The van der Waals surface area contributed by atoms with Crippen LogP contribution in [0.3, 0.4) is 0 Å². The number of benzene rings is 2. The van der Waals surface area contributed by atoms with Gasteiger partial charge in [0, 0.05) is 24.1 Å². The van der Waals surface area contributed by atoms with Gasteiger partial charge in [-0.25, -0.2) is 4.57 Å². The first-order valence-electron chi connectivity index (χ1n) is 12.2. The third kappa shape index (κ3) is 5.30.